The van der Waals surface area contributed by atoms with Crippen LogP contribution in [-0.4, -0.2) is 45.8 Å². The summed E-state index contributed by atoms with van der Waals surface area (Å²) < 4.78 is 10.5. The van der Waals surface area contributed by atoms with Gasteiger partial charge in [0.25, 0.3) is 17.4 Å². The Morgan fingerprint density at radius 1 is 1.09 bits per heavy atom. The smallest absolute Gasteiger partial charge is 0.295 e. The maximum atomic E-state index is 13.2. The summed E-state index contributed by atoms with van der Waals surface area (Å²) in [6, 6.07) is 12.6. The number of ketones is 1. The number of amides is 1. The summed E-state index contributed by atoms with van der Waals surface area (Å²) in [7, 11) is 2.89. The van der Waals surface area contributed by atoms with Gasteiger partial charge < -0.3 is 19.5 Å². The molecule has 1 aromatic heterocycles. The van der Waals surface area contributed by atoms with Crippen LogP contribution in [0.2, 0.25) is 0 Å². The van der Waals surface area contributed by atoms with E-state index < -0.39 is 28.4 Å². The zero-order valence-corrected chi connectivity index (χ0v) is 18.9. The topological polar surface area (TPSA) is 132 Å². The third kappa shape index (κ3) is 4.41. The van der Waals surface area contributed by atoms with E-state index >= 15 is 0 Å². The number of benzene rings is 2. The quantitative estimate of drug-likeness (QED) is 0.180. The molecule has 178 valence electrons. The molecule has 1 amide bonds. The number of nitrogens with zero attached hydrogens (tertiary/aromatic N) is 3. The lowest BCUT2D eigenvalue weighted by molar-refractivity contribution is -0.384. The van der Waals surface area contributed by atoms with E-state index in [1.54, 1.807) is 36.7 Å². The fraction of sp³-hybridized carbons (Fsp3) is 0.160. The van der Waals surface area contributed by atoms with E-state index in [1.807, 2.05) is 0 Å². The second-order valence-electron chi connectivity index (χ2n) is 7.71. The monoisotopic (exact) mass is 475 g/mol. The van der Waals surface area contributed by atoms with Gasteiger partial charge in [-0.05, 0) is 35.4 Å². The molecule has 0 aliphatic carbocycles. The molecule has 1 aliphatic heterocycles. The number of hydrogen-bond acceptors (Lipinski definition) is 8. The lowest BCUT2D eigenvalue weighted by Crippen LogP contribution is -2.29. The number of aromatic nitrogens is 1. The lowest BCUT2D eigenvalue weighted by Gasteiger charge is -2.25. The number of carbonyl (C=O) groups excluding carboxylic acids is 2. The normalized spacial score (nSPS) is 16.9. The van der Waals surface area contributed by atoms with Crippen LogP contribution in [-0.2, 0) is 16.1 Å². The SMILES string of the molecule is COc1ccc(C(O)=C2C(=O)C(=O)N(Cc3cccnc3)[C@H]2c2cccc([N+](=O)[O-])c2)cc1OC. The van der Waals surface area contributed by atoms with Crippen LogP contribution in [0.4, 0.5) is 5.69 Å². The minimum atomic E-state index is -1.07. The van der Waals surface area contributed by atoms with Crippen LogP contribution in [0, 0.1) is 10.1 Å². The molecule has 2 aromatic carbocycles. The zero-order chi connectivity index (χ0) is 25.1. The Balaban J connectivity index is 1.90. The Morgan fingerprint density at radius 2 is 1.86 bits per heavy atom. The summed E-state index contributed by atoms with van der Waals surface area (Å²) in [5.74, 6) is -1.45. The van der Waals surface area contributed by atoms with Crippen molar-refractivity contribution in [1.82, 2.24) is 9.88 Å². The molecule has 3 aromatic rings. The summed E-state index contributed by atoms with van der Waals surface area (Å²) in [6.45, 7) is 0.00842. The first-order chi connectivity index (χ1) is 16.8. The van der Waals surface area contributed by atoms with Gasteiger partial charge in [-0.25, -0.2) is 0 Å². The number of carbonyl (C=O) groups is 2. The average molecular weight is 475 g/mol. The minimum absolute atomic E-state index is 0.00842. The van der Waals surface area contributed by atoms with Gasteiger partial charge in [-0.2, -0.15) is 0 Å². The number of nitro benzene ring substituents is 1. The summed E-state index contributed by atoms with van der Waals surface area (Å²) in [6.07, 6.45) is 3.13. The number of nitro groups is 1. The first-order valence-corrected chi connectivity index (χ1v) is 10.5. The van der Waals surface area contributed by atoms with Crippen molar-refractivity contribution in [3.63, 3.8) is 0 Å². The Bertz CT molecular complexity index is 1340. The van der Waals surface area contributed by atoms with E-state index in [9.17, 15) is 24.8 Å². The number of hydrogen-bond donors (Lipinski definition) is 1. The molecule has 1 fully saturated rings. The van der Waals surface area contributed by atoms with Gasteiger partial charge >= 0.3 is 0 Å². The number of ether oxygens (including phenoxy) is 2. The molecule has 4 rings (SSSR count). The van der Waals surface area contributed by atoms with Gasteiger partial charge in [0.05, 0.1) is 30.8 Å². The van der Waals surface area contributed by atoms with Crippen molar-refractivity contribution in [2.24, 2.45) is 0 Å². The zero-order valence-electron chi connectivity index (χ0n) is 18.9. The summed E-state index contributed by atoms with van der Waals surface area (Å²) in [4.78, 5) is 42.4. The second-order valence-corrected chi connectivity index (χ2v) is 7.71. The van der Waals surface area contributed by atoms with Crippen LogP contribution in [0.15, 0.2) is 72.6 Å². The van der Waals surface area contributed by atoms with Crippen molar-refractivity contribution in [1.29, 1.82) is 0 Å². The van der Waals surface area contributed by atoms with Crippen molar-refractivity contribution in [2.45, 2.75) is 12.6 Å². The van der Waals surface area contributed by atoms with Crippen LogP contribution in [0.3, 0.4) is 0 Å². The first kappa shape index (κ1) is 23.4. The number of aliphatic hydroxyl groups excluding tert-OH is 1. The number of methoxy groups -OCH3 is 2. The molecular weight excluding hydrogens is 454 g/mol. The average Bonchev–Trinajstić information content (AvgIpc) is 3.13. The van der Waals surface area contributed by atoms with Crippen molar-refractivity contribution in [3.05, 3.63) is 99.4 Å². The minimum Gasteiger partial charge on any atom is -0.507 e. The molecular formula is C25H21N3O7. The van der Waals surface area contributed by atoms with Gasteiger partial charge in [0.1, 0.15) is 5.76 Å². The summed E-state index contributed by atoms with van der Waals surface area (Å²) in [5.41, 5.74) is 0.782. The third-order valence-electron chi connectivity index (χ3n) is 5.67. The Labute approximate surface area is 200 Å². The van der Waals surface area contributed by atoms with E-state index in [0.717, 1.165) is 0 Å². The summed E-state index contributed by atoms with van der Waals surface area (Å²) >= 11 is 0. The molecule has 0 unspecified atom stereocenters. The van der Waals surface area contributed by atoms with E-state index in [0.29, 0.717) is 22.6 Å². The maximum absolute atomic E-state index is 13.2. The van der Waals surface area contributed by atoms with Crippen LogP contribution < -0.4 is 9.47 Å². The Kier molecular flexibility index (Phi) is 6.45. The van der Waals surface area contributed by atoms with Gasteiger partial charge in [-0.3, -0.25) is 24.7 Å². The highest BCUT2D eigenvalue weighted by Gasteiger charge is 2.46. The fourth-order valence-electron chi connectivity index (χ4n) is 4.03. The number of likely N-dealkylation sites (tertiary alicyclic amines) is 1. The van der Waals surface area contributed by atoms with E-state index in [-0.39, 0.29) is 23.4 Å². The molecule has 1 saturated heterocycles. The predicted octanol–water partition coefficient (Wildman–Crippen LogP) is 3.63. The second kappa shape index (κ2) is 9.64. The lowest BCUT2D eigenvalue weighted by atomic mass is 9.94. The molecule has 0 saturated carbocycles. The number of rotatable bonds is 7. The third-order valence-corrected chi connectivity index (χ3v) is 5.67. The molecule has 2 heterocycles. The summed E-state index contributed by atoms with van der Waals surface area (Å²) in [5, 5.41) is 22.6. The maximum Gasteiger partial charge on any atom is 0.295 e. The molecule has 10 nitrogen and oxygen atoms in total. The predicted molar refractivity (Wildman–Crippen MR) is 125 cm³/mol. The fourth-order valence-corrected chi connectivity index (χ4v) is 4.03. The van der Waals surface area contributed by atoms with Crippen molar-refractivity contribution in [3.8, 4) is 11.5 Å². The van der Waals surface area contributed by atoms with Crippen LogP contribution in [0.1, 0.15) is 22.7 Å². The number of Topliss-reactive ketones (excluding diaryl/α,β-unsaturated/α-hetero) is 1. The van der Waals surface area contributed by atoms with Gasteiger partial charge in [-0.15, -0.1) is 0 Å². The molecule has 0 radical (unpaired) electrons. The molecule has 10 heteroatoms. The van der Waals surface area contributed by atoms with Crippen LogP contribution >= 0.6 is 0 Å². The van der Waals surface area contributed by atoms with E-state index in [1.165, 1.54) is 49.5 Å². The van der Waals surface area contributed by atoms with Gasteiger partial charge in [-0.1, -0.05) is 18.2 Å². The number of pyridine rings is 1. The molecule has 1 atom stereocenters. The van der Waals surface area contributed by atoms with Crippen LogP contribution in [0.5, 0.6) is 11.5 Å². The number of non-ortho nitro benzene ring substituents is 1. The number of aliphatic hydroxyl groups is 1. The van der Waals surface area contributed by atoms with Gasteiger partial charge in [0.2, 0.25) is 0 Å². The largest absolute Gasteiger partial charge is 0.507 e. The van der Waals surface area contributed by atoms with Crippen LogP contribution in [0.25, 0.3) is 5.76 Å². The highest BCUT2D eigenvalue weighted by Crippen LogP contribution is 2.42. The first-order valence-electron chi connectivity index (χ1n) is 10.5. The van der Waals surface area contributed by atoms with Gasteiger partial charge in [0.15, 0.2) is 11.5 Å². The highest BCUT2D eigenvalue weighted by molar-refractivity contribution is 6.46. The van der Waals surface area contributed by atoms with E-state index in [4.69, 9.17) is 9.47 Å². The molecule has 0 spiro atoms. The van der Waals surface area contributed by atoms with E-state index in [2.05, 4.69) is 4.98 Å². The molecule has 35 heavy (non-hydrogen) atoms. The highest BCUT2D eigenvalue weighted by atomic mass is 16.6. The molecule has 1 N–H and O–H groups in total. The van der Waals surface area contributed by atoms with Crippen molar-refractivity contribution in [2.75, 3.05) is 14.2 Å². The molecule has 1 aliphatic rings. The van der Waals surface area contributed by atoms with Crippen molar-refractivity contribution < 1.29 is 29.1 Å². The molecule has 0 bridgehead atoms. The Hall–Kier alpha value is -4.73. The van der Waals surface area contributed by atoms with Gasteiger partial charge in [0, 0.05) is 36.6 Å². The Morgan fingerprint density at radius 3 is 2.51 bits per heavy atom. The standard InChI is InChI=1S/C25H21N3O7/c1-34-19-9-8-17(12-20(19)35-2)23(29)21-22(16-6-3-7-18(11-16)28(32)33)27(25(31)24(21)30)14-15-5-4-10-26-13-15/h3-13,22,29H,14H2,1-2H3/t22-/m0/s1. The van der Waals surface area contributed by atoms with Crippen molar-refractivity contribution >= 4 is 23.1 Å².